The minimum atomic E-state index is -1.05. The van der Waals surface area contributed by atoms with Gasteiger partial charge in [0.2, 0.25) is 11.8 Å². The van der Waals surface area contributed by atoms with Gasteiger partial charge in [-0.1, -0.05) is 24.3 Å². The molecule has 1 aromatic rings. The maximum Gasteiger partial charge on any atom is 0.326 e. The first-order valence-electron chi connectivity index (χ1n) is 11.2. The van der Waals surface area contributed by atoms with E-state index in [-0.39, 0.29) is 17.9 Å². The van der Waals surface area contributed by atoms with Crippen LogP contribution in [0.2, 0.25) is 0 Å². The van der Waals surface area contributed by atoms with Crippen LogP contribution in [0.15, 0.2) is 24.3 Å². The number of hydrogen-bond acceptors (Lipinski definition) is 6. The van der Waals surface area contributed by atoms with Crippen LogP contribution in [-0.2, 0) is 27.3 Å². The van der Waals surface area contributed by atoms with Crippen LogP contribution in [0.25, 0.3) is 0 Å². The van der Waals surface area contributed by atoms with E-state index in [9.17, 15) is 19.5 Å². The SMILES string of the molecule is CSCC[C@@H](NC(=O)C1Cc2ccccc2CN1C(=O)[C@@H]1CCCN1CCCS)C(=O)O. The van der Waals surface area contributed by atoms with Crippen LogP contribution in [0.5, 0.6) is 0 Å². The number of fused-ring (bicyclic) bond motifs is 1. The van der Waals surface area contributed by atoms with Gasteiger partial charge in [0.05, 0.1) is 6.04 Å². The molecule has 32 heavy (non-hydrogen) atoms. The fourth-order valence-electron chi connectivity index (χ4n) is 4.59. The first kappa shape index (κ1) is 24.9. The van der Waals surface area contributed by atoms with Crippen molar-refractivity contribution in [1.82, 2.24) is 15.1 Å². The summed E-state index contributed by atoms with van der Waals surface area (Å²) in [6.45, 7) is 2.06. The molecular weight excluding hydrogens is 446 g/mol. The molecule has 7 nitrogen and oxygen atoms in total. The van der Waals surface area contributed by atoms with Gasteiger partial charge < -0.3 is 15.3 Å². The third kappa shape index (κ3) is 5.99. The Bertz CT molecular complexity index is 822. The van der Waals surface area contributed by atoms with Crippen LogP contribution in [0.1, 0.15) is 36.8 Å². The normalized spacial score (nSPS) is 21.8. The first-order valence-corrected chi connectivity index (χ1v) is 13.2. The van der Waals surface area contributed by atoms with E-state index in [0.29, 0.717) is 25.1 Å². The summed E-state index contributed by atoms with van der Waals surface area (Å²) >= 11 is 5.84. The smallest absolute Gasteiger partial charge is 0.326 e. The topological polar surface area (TPSA) is 90.0 Å². The molecule has 9 heteroatoms. The summed E-state index contributed by atoms with van der Waals surface area (Å²) in [5.74, 6) is -0.0642. The van der Waals surface area contributed by atoms with E-state index in [1.807, 2.05) is 30.5 Å². The Kier molecular flexibility index (Phi) is 9.31. The number of hydrogen-bond donors (Lipinski definition) is 3. The van der Waals surface area contributed by atoms with Crippen LogP contribution in [-0.4, -0.2) is 81.7 Å². The van der Waals surface area contributed by atoms with Crippen molar-refractivity contribution in [1.29, 1.82) is 0 Å². The number of rotatable bonds is 10. The van der Waals surface area contributed by atoms with Gasteiger partial charge in [-0.15, -0.1) is 0 Å². The largest absolute Gasteiger partial charge is 0.480 e. The zero-order chi connectivity index (χ0) is 23.1. The van der Waals surface area contributed by atoms with E-state index in [4.69, 9.17) is 0 Å². The van der Waals surface area contributed by atoms with Crippen molar-refractivity contribution in [3.63, 3.8) is 0 Å². The summed E-state index contributed by atoms with van der Waals surface area (Å²) < 4.78 is 0. The molecule has 2 amide bonds. The lowest BCUT2D eigenvalue weighted by molar-refractivity contribution is -0.147. The molecule has 0 radical (unpaired) electrons. The van der Waals surface area contributed by atoms with Gasteiger partial charge in [0.1, 0.15) is 12.1 Å². The highest BCUT2D eigenvalue weighted by Crippen LogP contribution is 2.28. The molecule has 2 heterocycles. The summed E-state index contributed by atoms with van der Waals surface area (Å²) in [6.07, 6.45) is 5.30. The standard InChI is InChI=1S/C23H33N3O4S2/c1-32-13-9-18(23(29)30)24-21(27)20-14-16-6-2-3-7-17(16)15-26(20)22(28)19-8-4-10-25(19)11-5-12-31/h2-3,6-7,18-20,31H,4-5,8-15H2,1H3,(H,24,27)(H,29,30)/t18-,19+,20?/m1/s1. The molecule has 1 unspecified atom stereocenters. The second-order valence-electron chi connectivity index (χ2n) is 8.41. The van der Waals surface area contributed by atoms with Gasteiger partial charge >= 0.3 is 5.97 Å². The highest BCUT2D eigenvalue weighted by Gasteiger charge is 2.41. The number of thiol groups is 1. The molecule has 0 saturated carbocycles. The Balaban J connectivity index is 1.82. The number of thioether (sulfide) groups is 1. The minimum Gasteiger partial charge on any atom is -0.480 e. The number of nitrogens with one attached hydrogen (secondary N) is 1. The second-order valence-corrected chi connectivity index (χ2v) is 9.84. The van der Waals surface area contributed by atoms with E-state index >= 15 is 0 Å². The third-order valence-corrected chi connectivity index (χ3v) is 7.27. The van der Waals surface area contributed by atoms with Crippen LogP contribution in [0.4, 0.5) is 0 Å². The molecule has 1 fully saturated rings. The summed E-state index contributed by atoms with van der Waals surface area (Å²) in [5, 5.41) is 12.3. The van der Waals surface area contributed by atoms with Gasteiger partial charge in [-0.2, -0.15) is 24.4 Å². The Hall–Kier alpha value is -1.71. The lowest BCUT2D eigenvalue weighted by Crippen LogP contribution is -2.58. The van der Waals surface area contributed by atoms with Gasteiger partial charge in [-0.3, -0.25) is 14.5 Å². The zero-order valence-corrected chi connectivity index (χ0v) is 20.2. The molecular formula is C23H33N3O4S2. The highest BCUT2D eigenvalue weighted by atomic mass is 32.2. The van der Waals surface area contributed by atoms with Crippen molar-refractivity contribution >= 4 is 42.2 Å². The molecule has 2 aliphatic heterocycles. The summed E-state index contributed by atoms with van der Waals surface area (Å²) in [5.41, 5.74) is 2.08. The lowest BCUT2D eigenvalue weighted by atomic mass is 9.92. The molecule has 0 bridgehead atoms. The first-order chi connectivity index (χ1) is 15.5. The van der Waals surface area contributed by atoms with Crippen LogP contribution in [0.3, 0.4) is 0 Å². The van der Waals surface area contributed by atoms with E-state index in [1.165, 1.54) is 11.8 Å². The second kappa shape index (κ2) is 12.0. The summed E-state index contributed by atoms with van der Waals surface area (Å²) in [7, 11) is 0. The predicted molar refractivity (Wildman–Crippen MR) is 130 cm³/mol. The number of carboxylic acid groups (broad SMARTS) is 1. The zero-order valence-electron chi connectivity index (χ0n) is 18.5. The van der Waals surface area contributed by atoms with Crippen LogP contribution >= 0.6 is 24.4 Å². The Morgan fingerprint density at radius 3 is 2.69 bits per heavy atom. The number of carbonyl (C=O) groups is 3. The number of amides is 2. The monoisotopic (exact) mass is 479 g/mol. The Morgan fingerprint density at radius 1 is 1.25 bits per heavy atom. The molecule has 2 aliphatic rings. The van der Waals surface area contributed by atoms with Crippen molar-refractivity contribution in [2.45, 2.75) is 56.8 Å². The van der Waals surface area contributed by atoms with Gasteiger partial charge in [0.15, 0.2) is 0 Å². The van der Waals surface area contributed by atoms with Gasteiger partial charge in [-0.25, -0.2) is 4.79 Å². The fraction of sp³-hybridized carbons (Fsp3) is 0.609. The summed E-state index contributed by atoms with van der Waals surface area (Å²) in [4.78, 5) is 42.5. The molecule has 1 saturated heterocycles. The number of carbonyl (C=O) groups excluding carboxylic acids is 2. The van der Waals surface area contributed by atoms with E-state index in [1.54, 1.807) is 4.90 Å². The van der Waals surface area contributed by atoms with Crippen LogP contribution < -0.4 is 5.32 Å². The number of nitrogens with zero attached hydrogens (tertiary/aromatic N) is 2. The lowest BCUT2D eigenvalue weighted by Gasteiger charge is -2.39. The van der Waals surface area contributed by atoms with E-state index in [2.05, 4.69) is 22.8 Å². The van der Waals surface area contributed by atoms with Crippen molar-refractivity contribution in [2.24, 2.45) is 0 Å². The predicted octanol–water partition coefficient (Wildman–Crippen LogP) is 2.05. The van der Waals surface area contributed by atoms with E-state index < -0.39 is 18.1 Å². The van der Waals surface area contributed by atoms with Gasteiger partial charge in [0, 0.05) is 13.0 Å². The number of benzene rings is 1. The van der Waals surface area contributed by atoms with Crippen LogP contribution in [0, 0.1) is 0 Å². The maximum absolute atomic E-state index is 13.7. The molecule has 3 atom stereocenters. The maximum atomic E-state index is 13.7. The van der Waals surface area contributed by atoms with Crippen molar-refractivity contribution < 1.29 is 19.5 Å². The molecule has 1 aromatic carbocycles. The molecule has 0 aromatic heterocycles. The minimum absolute atomic E-state index is 0.0349. The molecule has 0 spiro atoms. The molecule has 176 valence electrons. The molecule has 3 rings (SSSR count). The molecule has 0 aliphatic carbocycles. The number of carboxylic acids is 1. The van der Waals surface area contributed by atoms with Gasteiger partial charge in [-0.05, 0) is 67.7 Å². The highest BCUT2D eigenvalue weighted by molar-refractivity contribution is 7.98. The quantitative estimate of drug-likeness (QED) is 0.445. The van der Waals surface area contributed by atoms with E-state index in [0.717, 1.165) is 49.2 Å². The van der Waals surface area contributed by atoms with Crippen molar-refractivity contribution in [2.75, 3.05) is 30.9 Å². The number of likely N-dealkylation sites (tertiary alicyclic amines) is 1. The Labute approximate surface area is 199 Å². The Morgan fingerprint density at radius 2 is 2.00 bits per heavy atom. The third-order valence-electron chi connectivity index (χ3n) is 6.31. The van der Waals surface area contributed by atoms with Gasteiger partial charge in [0.25, 0.3) is 0 Å². The molecule has 2 N–H and O–H groups in total. The van der Waals surface area contributed by atoms with Crippen molar-refractivity contribution in [3.8, 4) is 0 Å². The fourth-order valence-corrected chi connectivity index (χ4v) is 5.20. The average molecular weight is 480 g/mol. The number of aliphatic carboxylic acids is 1. The average Bonchev–Trinajstić information content (AvgIpc) is 3.27. The van der Waals surface area contributed by atoms with Crippen molar-refractivity contribution in [3.05, 3.63) is 35.4 Å². The summed E-state index contributed by atoms with van der Waals surface area (Å²) in [6, 6.07) is 5.95.